The topological polar surface area (TPSA) is 44.5 Å². The summed E-state index contributed by atoms with van der Waals surface area (Å²) < 4.78 is 10.6. The number of hydrogen-bond acceptors (Lipinski definition) is 3. The zero-order chi connectivity index (χ0) is 10.1. The molecule has 0 spiro atoms. The van der Waals surface area contributed by atoms with Crippen LogP contribution in [0.2, 0.25) is 0 Å². The average molecular weight is 193 g/mol. The molecule has 0 fully saturated rings. The highest BCUT2D eigenvalue weighted by molar-refractivity contribution is 5.52. The van der Waals surface area contributed by atoms with Gasteiger partial charge in [-0.15, -0.1) is 0 Å². The van der Waals surface area contributed by atoms with E-state index in [9.17, 15) is 0 Å². The lowest BCUT2D eigenvalue weighted by Gasteiger charge is -2.13. The Morgan fingerprint density at radius 2 is 1.86 bits per heavy atom. The molecular weight excluding hydrogens is 178 g/mol. The first-order valence-corrected chi connectivity index (χ1v) is 4.77. The minimum absolute atomic E-state index is 0.0926. The summed E-state index contributed by atoms with van der Waals surface area (Å²) in [6.07, 6.45) is 1.96. The van der Waals surface area contributed by atoms with Crippen molar-refractivity contribution in [2.75, 3.05) is 14.2 Å². The lowest BCUT2D eigenvalue weighted by atomic mass is 10.1. The van der Waals surface area contributed by atoms with Crippen LogP contribution in [-0.4, -0.2) is 14.2 Å². The Morgan fingerprint density at radius 3 is 2.50 bits per heavy atom. The Morgan fingerprint density at radius 1 is 1.21 bits per heavy atom. The molecule has 2 N–H and O–H groups in total. The number of ether oxygens (including phenoxy) is 2. The zero-order valence-corrected chi connectivity index (χ0v) is 8.54. The van der Waals surface area contributed by atoms with Crippen LogP contribution < -0.4 is 15.2 Å². The monoisotopic (exact) mass is 193 g/mol. The Bertz CT molecular complexity index is 349. The third-order valence-electron chi connectivity index (χ3n) is 2.79. The van der Waals surface area contributed by atoms with E-state index in [2.05, 4.69) is 0 Å². The lowest BCUT2D eigenvalue weighted by Crippen LogP contribution is -2.07. The Balaban J connectivity index is 2.56. The fraction of sp³-hybridized carbons (Fsp3) is 0.455. The van der Waals surface area contributed by atoms with Gasteiger partial charge in [-0.25, -0.2) is 0 Å². The van der Waals surface area contributed by atoms with Crippen molar-refractivity contribution >= 4 is 0 Å². The van der Waals surface area contributed by atoms with Crippen molar-refractivity contribution in [1.82, 2.24) is 0 Å². The molecule has 1 unspecified atom stereocenters. The number of fused-ring (bicyclic) bond motifs is 1. The standard InChI is InChI=1S/C11H15NO2/c1-13-9-5-6-10(14-2)11-7(9)3-4-8(11)12/h5-6,8H,3-4,12H2,1-2H3. The van der Waals surface area contributed by atoms with Crippen molar-refractivity contribution in [2.45, 2.75) is 18.9 Å². The first kappa shape index (κ1) is 9.34. The number of nitrogens with two attached hydrogens (primary N) is 1. The maximum Gasteiger partial charge on any atom is 0.124 e. The molecule has 1 aromatic rings. The molecule has 1 aromatic carbocycles. The largest absolute Gasteiger partial charge is 0.496 e. The van der Waals surface area contributed by atoms with Crippen LogP contribution in [0.4, 0.5) is 0 Å². The van der Waals surface area contributed by atoms with Gasteiger partial charge in [0.15, 0.2) is 0 Å². The van der Waals surface area contributed by atoms with E-state index in [0.29, 0.717) is 0 Å². The second kappa shape index (κ2) is 3.50. The van der Waals surface area contributed by atoms with Gasteiger partial charge in [-0.05, 0) is 25.0 Å². The normalized spacial score (nSPS) is 19.2. The van der Waals surface area contributed by atoms with E-state index in [0.717, 1.165) is 29.9 Å². The van der Waals surface area contributed by atoms with Gasteiger partial charge in [-0.3, -0.25) is 0 Å². The molecule has 0 amide bonds. The van der Waals surface area contributed by atoms with Crippen LogP contribution in [-0.2, 0) is 6.42 Å². The van der Waals surface area contributed by atoms with Crippen molar-refractivity contribution in [3.63, 3.8) is 0 Å². The molecule has 0 heterocycles. The van der Waals surface area contributed by atoms with E-state index >= 15 is 0 Å². The van der Waals surface area contributed by atoms with Crippen LogP contribution in [0.5, 0.6) is 11.5 Å². The molecule has 2 rings (SSSR count). The van der Waals surface area contributed by atoms with Gasteiger partial charge < -0.3 is 15.2 Å². The van der Waals surface area contributed by atoms with Gasteiger partial charge in [-0.2, -0.15) is 0 Å². The summed E-state index contributed by atoms with van der Waals surface area (Å²) in [6.45, 7) is 0. The van der Waals surface area contributed by atoms with E-state index in [1.54, 1.807) is 14.2 Å². The van der Waals surface area contributed by atoms with Gasteiger partial charge >= 0.3 is 0 Å². The number of hydrogen-bond donors (Lipinski definition) is 1. The molecule has 14 heavy (non-hydrogen) atoms. The molecule has 0 bridgehead atoms. The van der Waals surface area contributed by atoms with Crippen LogP contribution >= 0.6 is 0 Å². The van der Waals surface area contributed by atoms with Crippen LogP contribution in [0.3, 0.4) is 0 Å². The van der Waals surface area contributed by atoms with E-state index in [1.807, 2.05) is 12.1 Å². The van der Waals surface area contributed by atoms with Crippen molar-refractivity contribution in [3.05, 3.63) is 23.3 Å². The second-order valence-corrected chi connectivity index (χ2v) is 3.51. The van der Waals surface area contributed by atoms with Gasteiger partial charge in [0.1, 0.15) is 11.5 Å². The van der Waals surface area contributed by atoms with Gasteiger partial charge in [0, 0.05) is 17.2 Å². The number of methoxy groups -OCH3 is 2. The van der Waals surface area contributed by atoms with Crippen LogP contribution in [0.15, 0.2) is 12.1 Å². The van der Waals surface area contributed by atoms with Crippen LogP contribution in [0.1, 0.15) is 23.6 Å². The molecule has 0 aliphatic heterocycles. The van der Waals surface area contributed by atoms with E-state index in [1.165, 1.54) is 5.56 Å². The first-order chi connectivity index (χ1) is 6.77. The summed E-state index contributed by atoms with van der Waals surface area (Å²) in [5, 5.41) is 0. The minimum Gasteiger partial charge on any atom is -0.496 e. The predicted molar refractivity (Wildman–Crippen MR) is 54.8 cm³/mol. The maximum absolute atomic E-state index is 6.01. The Labute approximate surface area is 83.8 Å². The maximum atomic E-state index is 6.01. The van der Waals surface area contributed by atoms with Gasteiger partial charge in [0.25, 0.3) is 0 Å². The molecule has 1 aliphatic carbocycles. The lowest BCUT2D eigenvalue weighted by molar-refractivity contribution is 0.396. The number of rotatable bonds is 2. The first-order valence-electron chi connectivity index (χ1n) is 4.77. The zero-order valence-electron chi connectivity index (χ0n) is 8.54. The molecule has 0 saturated heterocycles. The molecule has 0 saturated carbocycles. The summed E-state index contributed by atoms with van der Waals surface area (Å²) in [7, 11) is 3.36. The highest BCUT2D eigenvalue weighted by Crippen LogP contribution is 2.41. The Kier molecular flexibility index (Phi) is 2.33. The summed E-state index contributed by atoms with van der Waals surface area (Å²) in [6, 6.07) is 3.95. The van der Waals surface area contributed by atoms with E-state index < -0.39 is 0 Å². The molecular formula is C11H15NO2. The van der Waals surface area contributed by atoms with Crippen LogP contribution in [0, 0.1) is 0 Å². The quantitative estimate of drug-likeness (QED) is 0.776. The second-order valence-electron chi connectivity index (χ2n) is 3.51. The molecule has 76 valence electrons. The summed E-state index contributed by atoms with van der Waals surface area (Å²) >= 11 is 0. The van der Waals surface area contributed by atoms with Gasteiger partial charge in [-0.1, -0.05) is 0 Å². The molecule has 1 atom stereocenters. The summed E-state index contributed by atoms with van der Waals surface area (Å²) in [4.78, 5) is 0. The van der Waals surface area contributed by atoms with E-state index in [-0.39, 0.29) is 6.04 Å². The molecule has 1 aliphatic rings. The number of benzene rings is 1. The van der Waals surface area contributed by atoms with Crippen LogP contribution in [0.25, 0.3) is 0 Å². The van der Waals surface area contributed by atoms with Crippen molar-refractivity contribution in [2.24, 2.45) is 5.73 Å². The predicted octanol–water partition coefficient (Wildman–Crippen LogP) is 1.65. The molecule has 3 nitrogen and oxygen atoms in total. The molecule has 3 heteroatoms. The smallest absolute Gasteiger partial charge is 0.124 e. The van der Waals surface area contributed by atoms with E-state index in [4.69, 9.17) is 15.2 Å². The summed E-state index contributed by atoms with van der Waals surface area (Å²) in [5.74, 6) is 1.81. The SMILES string of the molecule is COc1ccc(OC)c2c1CCC2N. The average Bonchev–Trinajstić information content (AvgIpc) is 2.60. The highest BCUT2D eigenvalue weighted by atomic mass is 16.5. The third-order valence-corrected chi connectivity index (χ3v) is 2.79. The Hall–Kier alpha value is -1.22. The molecule has 0 radical (unpaired) electrons. The molecule has 0 aromatic heterocycles. The third kappa shape index (κ3) is 1.24. The fourth-order valence-electron chi connectivity index (χ4n) is 2.10. The summed E-state index contributed by atoms with van der Waals surface area (Å²) in [5.41, 5.74) is 8.34. The van der Waals surface area contributed by atoms with Crippen molar-refractivity contribution in [3.8, 4) is 11.5 Å². The highest BCUT2D eigenvalue weighted by Gasteiger charge is 2.26. The van der Waals surface area contributed by atoms with Crippen molar-refractivity contribution < 1.29 is 9.47 Å². The van der Waals surface area contributed by atoms with Gasteiger partial charge in [0.2, 0.25) is 0 Å². The minimum atomic E-state index is 0.0926. The van der Waals surface area contributed by atoms with Gasteiger partial charge in [0.05, 0.1) is 14.2 Å². The van der Waals surface area contributed by atoms with Crippen molar-refractivity contribution in [1.29, 1.82) is 0 Å². The fourth-order valence-corrected chi connectivity index (χ4v) is 2.10.